The molecule has 0 aromatic heterocycles. The van der Waals surface area contributed by atoms with Gasteiger partial charge in [-0.05, 0) is 25.7 Å². The van der Waals surface area contributed by atoms with Crippen LogP contribution in [0.25, 0.3) is 0 Å². The average molecular weight is 183 g/mol. The van der Waals surface area contributed by atoms with E-state index < -0.39 is 0 Å². The molecule has 0 radical (unpaired) electrons. The zero-order valence-electron chi connectivity index (χ0n) is 9.31. The average Bonchev–Trinajstić information content (AvgIpc) is 2.28. The second-order valence-corrected chi connectivity index (χ2v) is 4.37. The van der Waals surface area contributed by atoms with E-state index in [-0.39, 0.29) is 0 Å². The van der Waals surface area contributed by atoms with Crippen LogP contribution in [0.2, 0.25) is 0 Å². The molecular formula is C12H25N. The topological polar surface area (TPSA) is 12.0 Å². The third-order valence-electron chi connectivity index (χ3n) is 3.31. The zero-order chi connectivity index (χ0) is 9.52. The summed E-state index contributed by atoms with van der Waals surface area (Å²) in [6.45, 7) is 4.62. The van der Waals surface area contributed by atoms with Gasteiger partial charge in [-0.1, -0.05) is 39.5 Å². The maximum Gasteiger partial charge on any atom is 0.00670 e. The Balaban J connectivity index is 2.37. The molecule has 1 heterocycles. The fourth-order valence-corrected chi connectivity index (χ4v) is 2.28. The van der Waals surface area contributed by atoms with Crippen molar-refractivity contribution in [3.8, 4) is 0 Å². The molecule has 0 amide bonds. The van der Waals surface area contributed by atoms with E-state index in [9.17, 15) is 0 Å². The Morgan fingerprint density at radius 2 is 1.31 bits per heavy atom. The maximum atomic E-state index is 3.80. The Labute approximate surface area is 83.3 Å². The third-order valence-corrected chi connectivity index (χ3v) is 3.31. The van der Waals surface area contributed by atoms with Crippen LogP contribution in [-0.4, -0.2) is 12.1 Å². The van der Waals surface area contributed by atoms with Crippen molar-refractivity contribution in [1.29, 1.82) is 0 Å². The van der Waals surface area contributed by atoms with Gasteiger partial charge in [-0.2, -0.15) is 0 Å². The summed E-state index contributed by atoms with van der Waals surface area (Å²) < 4.78 is 0. The van der Waals surface area contributed by atoms with E-state index in [0.717, 1.165) is 12.1 Å². The van der Waals surface area contributed by atoms with Crippen LogP contribution < -0.4 is 5.32 Å². The quantitative estimate of drug-likeness (QED) is 0.691. The number of rotatable bonds is 2. The monoisotopic (exact) mass is 183 g/mol. The second kappa shape index (κ2) is 6.42. The first-order valence-electron chi connectivity index (χ1n) is 6.12. The van der Waals surface area contributed by atoms with Gasteiger partial charge in [-0.3, -0.25) is 0 Å². The molecule has 1 saturated heterocycles. The first-order valence-corrected chi connectivity index (χ1v) is 6.12. The van der Waals surface area contributed by atoms with Crippen molar-refractivity contribution in [2.24, 2.45) is 0 Å². The summed E-state index contributed by atoms with van der Waals surface area (Å²) in [5.74, 6) is 0. The Morgan fingerprint density at radius 1 is 0.846 bits per heavy atom. The van der Waals surface area contributed by atoms with E-state index in [1.165, 1.54) is 51.4 Å². The SMILES string of the molecule is CCC1CCCCCCC(CC)N1. The van der Waals surface area contributed by atoms with Crippen molar-refractivity contribution < 1.29 is 0 Å². The van der Waals surface area contributed by atoms with E-state index >= 15 is 0 Å². The highest BCUT2D eigenvalue weighted by atomic mass is 14.9. The lowest BCUT2D eigenvalue weighted by Crippen LogP contribution is -2.37. The lowest BCUT2D eigenvalue weighted by atomic mass is 10.1. The van der Waals surface area contributed by atoms with Crippen molar-refractivity contribution in [2.45, 2.75) is 77.3 Å². The van der Waals surface area contributed by atoms with Crippen LogP contribution in [0.5, 0.6) is 0 Å². The second-order valence-electron chi connectivity index (χ2n) is 4.37. The molecule has 0 aliphatic carbocycles. The van der Waals surface area contributed by atoms with Crippen molar-refractivity contribution in [1.82, 2.24) is 5.32 Å². The Kier molecular flexibility index (Phi) is 5.45. The molecule has 13 heavy (non-hydrogen) atoms. The first kappa shape index (κ1) is 11.0. The van der Waals surface area contributed by atoms with Gasteiger partial charge in [0.2, 0.25) is 0 Å². The van der Waals surface area contributed by atoms with Crippen LogP contribution in [0.4, 0.5) is 0 Å². The molecule has 1 fully saturated rings. The fourth-order valence-electron chi connectivity index (χ4n) is 2.28. The van der Waals surface area contributed by atoms with Crippen LogP contribution in [0.3, 0.4) is 0 Å². The summed E-state index contributed by atoms with van der Waals surface area (Å²) in [4.78, 5) is 0. The van der Waals surface area contributed by atoms with E-state index in [1.54, 1.807) is 0 Å². The molecule has 0 aromatic rings. The number of hydrogen-bond acceptors (Lipinski definition) is 1. The molecule has 78 valence electrons. The van der Waals surface area contributed by atoms with Crippen LogP contribution in [-0.2, 0) is 0 Å². The maximum absolute atomic E-state index is 3.80. The van der Waals surface area contributed by atoms with Crippen molar-refractivity contribution in [3.63, 3.8) is 0 Å². The number of nitrogens with one attached hydrogen (secondary N) is 1. The molecule has 1 heteroatoms. The highest BCUT2D eigenvalue weighted by molar-refractivity contribution is 4.74. The van der Waals surface area contributed by atoms with Gasteiger partial charge in [0.05, 0.1) is 0 Å². The molecule has 0 aromatic carbocycles. The minimum Gasteiger partial charge on any atom is -0.311 e. The predicted octanol–water partition coefficient (Wildman–Crippen LogP) is 3.49. The van der Waals surface area contributed by atoms with Gasteiger partial charge >= 0.3 is 0 Å². The van der Waals surface area contributed by atoms with E-state index in [0.29, 0.717) is 0 Å². The Bertz CT molecular complexity index is 108. The molecular weight excluding hydrogens is 158 g/mol. The predicted molar refractivity (Wildman–Crippen MR) is 59.0 cm³/mol. The summed E-state index contributed by atoms with van der Waals surface area (Å²) in [6.07, 6.45) is 11.2. The van der Waals surface area contributed by atoms with Gasteiger partial charge < -0.3 is 5.32 Å². The highest BCUT2D eigenvalue weighted by Crippen LogP contribution is 2.16. The van der Waals surface area contributed by atoms with Crippen molar-refractivity contribution in [2.75, 3.05) is 0 Å². The van der Waals surface area contributed by atoms with Gasteiger partial charge in [0.1, 0.15) is 0 Å². The lowest BCUT2D eigenvalue weighted by molar-refractivity contribution is 0.378. The molecule has 1 rings (SSSR count). The molecule has 2 unspecified atom stereocenters. The van der Waals surface area contributed by atoms with Crippen molar-refractivity contribution >= 4 is 0 Å². The Hall–Kier alpha value is -0.0400. The summed E-state index contributed by atoms with van der Waals surface area (Å²) in [5, 5.41) is 3.80. The molecule has 2 atom stereocenters. The van der Waals surface area contributed by atoms with E-state index in [1.807, 2.05) is 0 Å². The largest absolute Gasteiger partial charge is 0.311 e. The minimum absolute atomic E-state index is 0.794. The standard InChI is InChI=1S/C12H25N/c1-3-11-9-7-5-6-8-10-12(4-2)13-11/h11-13H,3-10H2,1-2H3. The minimum atomic E-state index is 0.794. The first-order chi connectivity index (χ1) is 6.36. The molecule has 0 spiro atoms. The summed E-state index contributed by atoms with van der Waals surface area (Å²) in [7, 11) is 0. The highest BCUT2D eigenvalue weighted by Gasteiger charge is 2.13. The van der Waals surface area contributed by atoms with E-state index in [2.05, 4.69) is 19.2 Å². The van der Waals surface area contributed by atoms with Crippen molar-refractivity contribution in [3.05, 3.63) is 0 Å². The van der Waals surface area contributed by atoms with Gasteiger partial charge in [0.15, 0.2) is 0 Å². The van der Waals surface area contributed by atoms with Gasteiger partial charge in [-0.15, -0.1) is 0 Å². The normalized spacial score (nSPS) is 31.8. The molecule has 0 saturated carbocycles. The molecule has 1 nitrogen and oxygen atoms in total. The third kappa shape index (κ3) is 4.12. The van der Waals surface area contributed by atoms with Gasteiger partial charge in [0, 0.05) is 12.1 Å². The van der Waals surface area contributed by atoms with Crippen LogP contribution in [0, 0.1) is 0 Å². The molecule has 0 bridgehead atoms. The zero-order valence-corrected chi connectivity index (χ0v) is 9.31. The summed E-state index contributed by atoms with van der Waals surface area (Å²) in [5.41, 5.74) is 0. The Morgan fingerprint density at radius 3 is 1.69 bits per heavy atom. The fraction of sp³-hybridized carbons (Fsp3) is 1.00. The summed E-state index contributed by atoms with van der Waals surface area (Å²) in [6, 6.07) is 1.59. The smallest absolute Gasteiger partial charge is 0.00670 e. The van der Waals surface area contributed by atoms with Gasteiger partial charge in [-0.25, -0.2) is 0 Å². The molecule has 1 aliphatic heterocycles. The lowest BCUT2D eigenvalue weighted by Gasteiger charge is -2.22. The van der Waals surface area contributed by atoms with Crippen LogP contribution in [0.15, 0.2) is 0 Å². The number of hydrogen-bond donors (Lipinski definition) is 1. The van der Waals surface area contributed by atoms with Crippen LogP contribution >= 0.6 is 0 Å². The van der Waals surface area contributed by atoms with E-state index in [4.69, 9.17) is 0 Å². The van der Waals surface area contributed by atoms with Crippen LogP contribution in [0.1, 0.15) is 65.2 Å². The summed E-state index contributed by atoms with van der Waals surface area (Å²) >= 11 is 0. The van der Waals surface area contributed by atoms with Gasteiger partial charge in [0.25, 0.3) is 0 Å². The molecule has 1 N–H and O–H groups in total. The molecule has 1 aliphatic rings.